The van der Waals surface area contributed by atoms with Gasteiger partial charge in [0.15, 0.2) is 0 Å². The van der Waals surface area contributed by atoms with Crippen molar-refractivity contribution in [2.24, 2.45) is 0 Å². The van der Waals surface area contributed by atoms with Crippen LogP contribution in [0.15, 0.2) is 0 Å². The van der Waals surface area contributed by atoms with Gasteiger partial charge in [-0.3, -0.25) is 0 Å². The summed E-state index contributed by atoms with van der Waals surface area (Å²) in [6.45, 7) is 4.53. The summed E-state index contributed by atoms with van der Waals surface area (Å²) in [4.78, 5) is 0. The molecule has 0 saturated heterocycles. The van der Waals surface area contributed by atoms with Crippen LogP contribution in [0, 0.1) is 0 Å². The van der Waals surface area contributed by atoms with Crippen molar-refractivity contribution in [3.05, 3.63) is 0 Å². The molecule has 0 atom stereocenters. The van der Waals surface area contributed by atoms with Gasteiger partial charge in [-0.15, -0.1) is 0 Å². The monoisotopic (exact) mass is 334 g/mol. The second kappa shape index (κ2) is 13.4. The Morgan fingerprint density at radius 3 is 1.26 bits per heavy atom. The van der Waals surface area contributed by atoms with Crippen molar-refractivity contribution in [2.75, 3.05) is 14.2 Å². The Balaban J connectivity index is 3.83. The van der Waals surface area contributed by atoms with E-state index in [1.165, 1.54) is 74.7 Å². The Kier molecular flexibility index (Phi) is 13.8. The summed E-state index contributed by atoms with van der Waals surface area (Å²) >= 11 is -2.40. The summed E-state index contributed by atoms with van der Waals surface area (Å²) in [6.07, 6.45) is 13.4. The first-order valence-corrected chi connectivity index (χ1v) is 13.0. The molecule has 0 saturated carbocycles. The van der Waals surface area contributed by atoms with Crippen molar-refractivity contribution in [3.8, 4) is 0 Å². The van der Waals surface area contributed by atoms with Crippen LogP contribution in [0.2, 0.25) is 10.5 Å². The van der Waals surface area contributed by atoms with Crippen LogP contribution >= 0.6 is 0 Å². The van der Waals surface area contributed by atoms with E-state index in [1.807, 2.05) is 14.2 Å². The normalized spacial score (nSPS) is 12.0. The van der Waals surface area contributed by atoms with Gasteiger partial charge in [-0.2, -0.15) is 0 Å². The molecule has 0 aliphatic carbocycles. The predicted molar refractivity (Wildman–Crippen MR) is 86.9 cm³/mol. The second-order valence-corrected chi connectivity index (χ2v) is 13.3. The van der Waals surface area contributed by atoms with Crippen molar-refractivity contribution >= 4 is 13.9 Å². The van der Waals surface area contributed by atoms with E-state index in [2.05, 4.69) is 13.8 Å². The molecular weight excluding hydrogens is 297 g/mol. The Morgan fingerprint density at radius 2 is 0.947 bits per heavy atom. The summed E-state index contributed by atoms with van der Waals surface area (Å²) in [5.41, 5.74) is 0. The van der Waals surface area contributed by atoms with Gasteiger partial charge in [0.05, 0.1) is 0 Å². The molecule has 0 amide bonds. The molecule has 0 N–H and O–H groups in total. The summed E-state index contributed by atoms with van der Waals surface area (Å²) in [6, 6.07) is 0. The fraction of sp³-hybridized carbons (Fsp3) is 1.00. The topological polar surface area (TPSA) is 18.5 Å². The molecule has 0 fully saturated rings. The van der Waals surface area contributed by atoms with Gasteiger partial charge >= 0.3 is 124 Å². The fourth-order valence-electron chi connectivity index (χ4n) is 2.61. The Labute approximate surface area is 124 Å². The molecule has 3 heteroatoms. The van der Waals surface area contributed by atoms with Gasteiger partial charge in [0.25, 0.3) is 0 Å². The predicted octanol–water partition coefficient (Wildman–Crippen LogP) is 5.66. The molecule has 0 aliphatic rings. The van der Waals surface area contributed by atoms with Gasteiger partial charge in [-0.25, -0.2) is 0 Å². The molecule has 2 nitrogen and oxygen atoms in total. The van der Waals surface area contributed by atoms with Crippen LogP contribution in [0.5, 0.6) is 0 Å². The van der Waals surface area contributed by atoms with E-state index in [1.54, 1.807) is 0 Å². The van der Waals surface area contributed by atoms with Gasteiger partial charge in [0.2, 0.25) is 0 Å². The number of hydrogen-bond acceptors (Lipinski definition) is 2. The fourth-order valence-corrected chi connectivity index (χ4v) is 8.51. The van der Waals surface area contributed by atoms with E-state index in [0.29, 0.717) is 0 Å². The average molecular weight is 333 g/mol. The summed E-state index contributed by atoms with van der Waals surface area (Å²) in [5, 5.41) is 2.45. The van der Waals surface area contributed by atoms with E-state index in [9.17, 15) is 0 Å². The molecule has 0 spiro atoms. The molecule has 19 heavy (non-hydrogen) atoms. The maximum atomic E-state index is 5.87. The van der Waals surface area contributed by atoms with Crippen molar-refractivity contribution in [3.63, 3.8) is 0 Å². The molecule has 0 radical (unpaired) electrons. The Bertz CT molecular complexity index is 166. The molecule has 0 aliphatic heterocycles. The molecular formula is C16H36GeO2. The van der Waals surface area contributed by atoms with E-state index in [-0.39, 0.29) is 0 Å². The quantitative estimate of drug-likeness (QED) is 0.302. The first-order valence-electron chi connectivity index (χ1n) is 8.35. The van der Waals surface area contributed by atoms with Gasteiger partial charge in [0, 0.05) is 0 Å². The van der Waals surface area contributed by atoms with E-state index in [4.69, 9.17) is 7.53 Å². The van der Waals surface area contributed by atoms with Crippen LogP contribution in [0.1, 0.15) is 78.1 Å². The average Bonchev–Trinajstić information content (AvgIpc) is 2.45. The van der Waals surface area contributed by atoms with Crippen LogP contribution in [0.3, 0.4) is 0 Å². The zero-order valence-electron chi connectivity index (χ0n) is 13.8. The Morgan fingerprint density at radius 1 is 0.579 bits per heavy atom. The van der Waals surface area contributed by atoms with Crippen LogP contribution in [-0.2, 0) is 7.53 Å². The molecule has 0 rings (SSSR count). The first-order chi connectivity index (χ1) is 9.24. The number of rotatable bonds is 14. The van der Waals surface area contributed by atoms with Crippen LogP contribution in [0.25, 0.3) is 0 Å². The second-order valence-electron chi connectivity index (χ2n) is 5.65. The molecule has 0 heterocycles. The minimum atomic E-state index is -2.40. The van der Waals surface area contributed by atoms with E-state index < -0.39 is 13.9 Å². The van der Waals surface area contributed by atoms with Crippen molar-refractivity contribution < 1.29 is 7.53 Å². The summed E-state index contributed by atoms with van der Waals surface area (Å²) < 4.78 is 11.7. The van der Waals surface area contributed by atoms with Crippen LogP contribution in [-0.4, -0.2) is 28.2 Å². The SMILES string of the molecule is CCCCCC[CH2][Ge]([CH2]CCCCCC)([O]C)[O]C. The van der Waals surface area contributed by atoms with Gasteiger partial charge < -0.3 is 0 Å². The summed E-state index contributed by atoms with van der Waals surface area (Å²) in [5.74, 6) is 0. The molecule has 0 aromatic heterocycles. The number of unbranched alkanes of at least 4 members (excludes halogenated alkanes) is 8. The standard InChI is InChI=1S/C16H36GeO2/c1-5-7-9-11-13-15-17(18-3,19-4)16-14-12-10-8-6-2/h5-16H2,1-4H3. The molecule has 0 unspecified atom stereocenters. The number of hydrogen-bond donors (Lipinski definition) is 0. The zero-order valence-corrected chi connectivity index (χ0v) is 15.9. The molecule has 0 aromatic rings. The molecule has 0 aromatic carbocycles. The zero-order chi connectivity index (χ0) is 14.4. The first kappa shape index (κ1) is 19.5. The molecule has 116 valence electrons. The van der Waals surface area contributed by atoms with E-state index >= 15 is 0 Å². The third kappa shape index (κ3) is 9.92. The van der Waals surface area contributed by atoms with Crippen molar-refractivity contribution in [1.82, 2.24) is 0 Å². The minimum absolute atomic E-state index is 1.23. The van der Waals surface area contributed by atoms with Gasteiger partial charge in [0.1, 0.15) is 0 Å². The van der Waals surface area contributed by atoms with E-state index in [0.717, 1.165) is 0 Å². The van der Waals surface area contributed by atoms with Gasteiger partial charge in [-0.05, 0) is 0 Å². The third-order valence-corrected chi connectivity index (χ3v) is 11.9. The maximum absolute atomic E-state index is 5.87. The van der Waals surface area contributed by atoms with Crippen LogP contribution in [0.4, 0.5) is 0 Å². The third-order valence-electron chi connectivity index (χ3n) is 4.07. The van der Waals surface area contributed by atoms with Crippen molar-refractivity contribution in [1.29, 1.82) is 0 Å². The summed E-state index contributed by atoms with van der Waals surface area (Å²) in [7, 11) is 3.75. The van der Waals surface area contributed by atoms with Crippen LogP contribution < -0.4 is 0 Å². The van der Waals surface area contributed by atoms with Crippen molar-refractivity contribution in [2.45, 2.75) is 88.6 Å². The Hall–Kier alpha value is 0.463. The van der Waals surface area contributed by atoms with Gasteiger partial charge in [-0.1, -0.05) is 0 Å². The molecule has 0 bridgehead atoms.